The smallest absolute Gasteiger partial charge is 0.160 e. The molecule has 4 nitrogen and oxygen atoms in total. The molecule has 0 saturated carbocycles. The van der Waals surface area contributed by atoms with Crippen LogP contribution in [0.2, 0.25) is 0 Å². The van der Waals surface area contributed by atoms with Crippen molar-refractivity contribution in [1.29, 1.82) is 0 Å². The van der Waals surface area contributed by atoms with Crippen LogP contribution in [-0.4, -0.2) is 19.4 Å². The topological polar surface area (TPSA) is 43.1 Å². The van der Waals surface area contributed by atoms with Crippen LogP contribution in [0.1, 0.15) is 0 Å². The van der Waals surface area contributed by atoms with Crippen LogP contribution in [-0.2, 0) is 0 Å². The predicted octanol–water partition coefficient (Wildman–Crippen LogP) is 10.8. The first-order valence-corrected chi connectivity index (χ1v) is 15.8. The Balaban J connectivity index is 1.18. The molecule has 4 heteroatoms. The van der Waals surface area contributed by atoms with E-state index in [0.717, 1.165) is 55.8 Å². The molecule has 0 radical (unpaired) electrons. The second-order valence-corrected chi connectivity index (χ2v) is 11.7. The summed E-state index contributed by atoms with van der Waals surface area (Å²) in [6.45, 7) is 0. The molecular formula is C43H28N4. The molecule has 0 aliphatic heterocycles. The number of rotatable bonds is 5. The molecule has 0 amide bonds. The maximum atomic E-state index is 5.14. The van der Waals surface area contributed by atoms with Crippen molar-refractivity contribution in [2.45, 2.75) is 0 Å². The third kappa shape index (κ3) is 4.75. The standard InChI is InChI=1S/C43H28N4/c1-3-12-29(13-4-1)33-16-11-17-34(26-33)38-27-37(30-14-5-2-6-15-30)45-43(46-38)32-24-22-31(23-25-32)42-35-18-7-9-20-39(35)47-40-21-10-8-19-36(40)44-28-41(42)47/h1-28H. The van der Waals surface area contributed by atoms with Crippen LogP contribution < -0.4 is 0 Å². The van der Waals surface area contributed by atoms with E-state index < -0.39 is 0 Å². The van der Waals surface area contributed by atoms with Crippen molar-refractivity contribution in [3.63, 3.8) is 0 Å². The van der Waals surface area contributed by atoms with Crippen LogP contribution in [0.15, 0.2) is 170 Å². The fourth-order valence-electron chi connectivity index (χ4n) is 6.59. The minimum Gasteiger partial charge on any atom is -0.306 e. The molecule has 9 rings (SSSR count). The Morgan fingerprint density at radius 2 is 0.979 bits per heavy atom. The van der Waals surface area contributed by atoms with E-state index in [0.29, 0.717) is 5.82 Å². The summed E-state index contributed by atoms with van der Waals surface area (Å²) < 4.78 is 2.32. The summed E-state index contributed by atoms with van der Waals surface area (Å²) in [6, 6.07) is 57.0. The summed E-state index contributed by atoms with van der Waals surface area (Å²) in [7, 11) is 0. The molecule has 0 unspecified atom stereocenters. The maximum absolute atomic E-state index is 5.14. The van der Waals surface area contributed by atoms with Gasteiger partial charge in [-0.05, 0) is 47.0 Å². The van der Waals surface area contributed by atoms with Gasteiger partial charge in [0.25, 0.3) is 0 Å². The number of aromatic nitrogens is 4. The Morgan fingerprint density at radius 3 is 1.77 bits per heavy atom. The zero-order valence-corrected chi connectivity index (χ0v) is 25.5. The van der Waals surface area contributed by atoms with Crippen molar-refractivity contribution in [3.05, 3.63) is 170 Å². The van der Waals surface area contributed by atoms with Gasteiger partial charge in [-0.15, -0.1) is 0 Å². The van der Waals surface area contributed by atoms with Gasteiger partial charge in [-0.2, -0.15) is 0 Å². The van der Waals surface area contributed by atoms with Crippen LogP contribution in [0.4, 0.5) is 0 Å². The van der Waals surface area contributed by atoms with E-state index in [2.05, 4.69) is 138 Å². The van der Waals surface area contributed by atoms with Crippen LogP contribution in [0, 0.1) is 0 Å². The van der Waals surface area contributed by atoms with Gasteiger partial charge in [-0.1, -0.05) is 133 Å². The lowest BCUT2D eigenvalue weighted by Crippen LogP contribution is -1.96. The Morgan fingerprint density at radius 1 is 0.383 bits per heavy atom. The summed E-state index contributed by atoms with van der Waals surface area (Å²) in [5.41, 5.74) is 13.8. The van der Waals surface area contributed by atoms with Gasteiger partial charge in [-0.25, -0.2) is 9.97 Å². The van der Waals surface area contributed by atoms with E-state index in [-0.39, 0.29) is 0 Å². The van der Waals surface area contributed by atoms with Gasteiger partial charge in [0.05, 0.1) is 39.7 Å². The fourth-order valence-corrected chi connectivity index (χ4v) is 6.59. The summed E-state index contributed by atoms with van der Waals surface area (Å²) in [6.07, 6.45) is 1.99. The van der Waals surface area contributed by atoms with Gasteiger partial charge in [0.2, 0.25) is 0 Å². The van der Waals surface area contributed by atoms with Crippen LogP contribution in [0.5, 0.6) is 0 Å². The van der Waals surface area contributed by atoms with Crippen molar-refractivity contribution in [3.8, 4) is 56.2 Å². The number of fused-ring (bicyclic) bond motifs is 5. The molecule has 0 aliphatic rings. The quantitative estimate of drug-likeness (QED) is 0.197. The molecule has 0 bridgehead atoms. The first-order chi connectivity index (χ1) is 23.3. The second kappa shape index (κ2) is 11.2. The Bertz CT molecular complexity index is 2550. The zero-order valence-electron chi connectivity index (χ0n) is 25.5. The Labute approximate surface area is 272 Å². The minimum atomic E-state index is 0.692. The van der Waals surface area contributed by atoms with E-state index in [4.69, 9.17) is 15.0 Å². The fraction of sp³-hybridized carbons (Fsp3) is 0. The van der Waals surface area contributed by atoms with Gasteiger partial charge in [0.1, 0.15) is 0 Å². The summed E-state index contributed by atoms with van der Waals surface area (Å²) >= 11 is 0. The van der Waals surface area contributed by atoms with E-state index in [1.807, 2.05) is 36.5 Å². The number of benzene rings is 6. The Hall–Kier alpha value is -6.39. The highest BCUT2D eigenvalue weighted by molar-refractivity contribution is 6.08. The van der Waals surface area contributed by atoms with Crippen LogP contribution >= 0.6 is 0 Å². The lowest BCUT2D eigenvalue weighted by atomic mass is 10.00. The summed E-state index contributed by atoms with van der Waals surface area (Å²) in [5, 5.41) is 1.20. The average molecular weight is 601 g/mol. The van der Waals surface area contributed by atoms with Gasteiger partial charge >= 0.3 is 0 Å². The van der Waals surface area contributed by atoms with Crippen molar-refractivity contribution >= 4 is 27.5 Å². The largest absolute Gasteiger partial charge is 0.306 e. The molecule has 220 valence electrons. The van der Waals surface area contributed by atoms with Gasteiger partial charge in [0.15, 0.2) is 5.82 Å². The summed E-state index contributed by atoms with van der Waals surface area (Å²) in [5.74, 6) is 0.692. The highest BCUT2D eigenvalue weighted by Gasteiger charge is 2.17. The zero-order chi connectivity index (χ0) is 31.2. The first-order valence-electron chi connectivity index (χ1n) is 15.8. The van der Waals surface area contributed by atoms with E-state index in [1.165, 1.54) is 22.0 Å². The number of nitrogens with zero attached hydrogens (tertiary/aromatic N) is 4. The van der Waals surface area contributed by atoms with Crippen LogP contribution in [0.25, 0.3) is 83.6 Å². The molecule has 0 spiro atoms. The molecule has 9 aromatic rings. The third-order valence-electron chi connectivity index (χ3n) is 8.85. The monoisotopic (exact) mass is 600 g/mol. The highest BCUT2D eigenvalue weighted by atomic mass is 14.9. The predicted molar refractivity (Wildman–Crippen MR) is 193 cm³/mol. The molecule has 3 aromatic heterocycles. The molecule has 6 aromatic carbocycles. The molecule has 0 saturated heterocycles. The average Bonchev–Trinajstić information content (AvgIpc) is 3.50. The lowest BCUT2D eigenvalue weighted by Gasteiger charge is -2.11. The van der Waals surface area contributed by atoms with Crippen molar-refractivity contribution in [2.24, 2.45) is 0 Å². The van der Waals surface area contributed by atoms with E-state index in [1.54, 1.807) is 0 Å². The molecule has 0 fully saturated rings. The van der Waals surface area contributed by atoms with Gasteiger partial charge in [0, 0.05) is 27.6 Å². The molecule has 3 heterocycles. The molecule has 0 N–H and O–H groups in total. The van der Waals surface area contributed by atoms with E-state index >= 15 is 0 Å². The maximum Gasteiger partial charge on any atom is 0.160 e. The first kappa shape index (κ1) is 27.0. The van der Waals surface area contributed by atoms with Crippen molar-refractivity contribution < 1.29 is 0 Å². The minimum absolute atomic E-state index is 0.692. The number of hydrogen-bond donors (Lipinski definition) is 0. The third-order valence-corrected chi connectivity index (χ3v) is 8.85. The Kier molecular flexibility index (Phi) is 6.43. The number of hydrogen-bond acceptors (Lipinski definition) is 3. The molecule has 0 aliphatic carbocycles. The van der Waals surface area contributed by atoms with Crippen molar-refractivity contribution in [2.75, 3.05) is 0 Å². The lowest BCUT2D eigenvalue weighted by molar-refractivity contribution is 1.18. The molecule has 47 heavy (non-hydrogen) atoms. The highest BCUT2D eigenvalue weighted by Crippen LogP contribution is 2.38. The van der Waals surface area contributed by atoms with Gasteiger partial charge < -0.3 is 4.40 Å². The van der Waals surface area contributed by atoms with Gasteiger partial charge in [-0.3, -0.25) is 4.98 Å². The van der Waals surface area contributed by atoms with Crippen LogP contribution in [0.3, 0.4) is 0 Å². The normalized spacial score (nSPS) is 11.4. The number of para-hydroxylation sites is 3. The SMILES string of the molecule is c1ccc(-c2cccc(-c3cc(-c4ccccc4)nc(-c4ccc(-c5c6ccccc6n6c5cnc5ccccc56)cc4)n3)c2)cc1. The second-order valence-electron chi connectivity index (χ2n) is 11.7. The molecule has 0 atom stereocenters. The molecular weight excluding hydrogens is 573 g/mol. The van der Waals surface area contributed by atoms with Crippen molar-refractivity contribution in [1.82, 2.24) is 19.4 Å². The van der Waals surface area contributed by atoms with E-state index in [9.17, 15) is 0 Å². The summed E-state index contributed by atoms with van der Waals surface area (Å²) in [4.78, 5) is 15.0.